The molecule has 2 unspecified atom stereocenters. The van der Waals surface area contributed by atoms with E-state index in [0.717, 1.165) is 3.57 Å². The monoisotopic (exact) mass is 477 g/mol. The number of nitrogens with one attached hydrogen (secondary N) is 1. The van der Waals surface area contributed by atoms with Crippen LogP contribution in [0, 0.1) is 3.57 Å². The maximum absolute atomic E-state index is 12.1. The third kappa shape index (κ3) is 3.83. The molecule has 0 spiro atoms. The molecule has 19 heavy (non-hydrogen) atoms. The Bertz CT molecular complexity index is 622. The number of sulfone groups is 1. The summed E-state index contributed by atoms with van der Waals surface area (Å²) in [4.78, 5) is 12.1. The molecule has 1 aromatic rings. The highest BCUT2D eigenvalue weighted by molar-refractivity contribution is 14.1. The predicted octanol–water partition coefficient (Wildman–Crippen LogP) is 2.19. The molecule has 0 radical (unpaired) electrons. The molecule has 0 aliphatic carbocycles. The van der Waals surface area contributed by atoms with Gasteiger partial charge in [-0.05, 0) is 56.7 Å². The Balaban J connectivity index is 2.16. The molecule has 1 N–H and O–H groups in total. The first-order chi connectivity index (χ1) is 8.78. The Kier molecular flexibility index (Phi) is 4.79. The molecule has 1 amide bonds. The van der Waals surface area contributed by atoms with E-state index in [9.17, 15) is 13.2 Å². The van der Waals surface area contributed by atoms with E-state index in [1.165, 1.54) is 0 Å². The van der Waals surface area contributed by atoms with Crippen molar-refractivity contribution in [1.29, 1.82) is 0 Å². The minimum atomic E-state index is -3.15. The predicted molar refractivity (Wildman–Crippen MR) is 86.4 cm³/mol. The molecule has 2 atom stereocenters. The molecule has 8 heteroatoms. The van der Waals surface area contributed by atoms with Crippen LogP contribution in [0.5, 0.6) is 0 Å². The highest BCUT2D eigenvalue weighted by Gasteiger charge is 2.37. The van der Waals surface area contributed by atoms with Crippen LogP contribution in [0.25, 0.3) is 0 Å². The molecule has 1 aromatic carbocycles. The van der Waals surface area contributed by atoms with Crippen LogP contribution in [0.3, 0.4) is 0 Å². The van der Waals surface area contributed by atoms with Crippen molar-refractivity contribution in [1.82, 2.24) is 5.32 Å². The standard InChI is InChI=1S/C11H10BrClINO3S/c12-8-2-1-6(14)3-7(8)11(16)15-10-5-19(17,18)4-9(10)13/h1-3,9-10H,4-5H2,(H,15,16). The molecule has 1 aliphatic rings. The molecule has 0 saturated carbocycles. The van der Waals surface area contributed by atoms with E-state index in [1.54, 1.807) is 12.1 Å². The Hall–Kier alpha value is 0.140. The summed E-state index contributed by atoms with van der Waals surface area (Å²) in [5, 5.41) is 2.11. The van der Waals surface area contributed by atoms with Crippen LogP contribution >= 0.6 is 50.1 Å². The minimum absolute atomic E-state index is 0.0903. The normalized spacial score (nSPS) is 25.2. The van der Waals surface area contributed by atoms with E-state index in [0.29, 0.717) is 10.0 Å². The number of hydrogen-bond donors (Lipinski definition) is 1. The van der Waals surface area contributed by atoms with Gasteiger partial charge >= 0.3 is 0 Å². The summed E-state index contributed by atoms with van der Waals surface area (Å²) in [7, 11) is -3.15. The second-order valence-electron chi connectivity index (χ2n) is 4.30. The third-order valence-electron chi connectivity index (χ3n) is 2.77. The number of alkyl halides is 1. The van der Waals surface area contributed by atoms with Gasteiger partial charge in [-0.1, -0.05) is 0 Å². The van der Waals surface area contributed by atoms with Crippen molar-refractivity contribution in [3.63, 3.8) is 0 Å². The molecule has 1 saturated heterocycles. The van der Waals surface area contributed by atoms with Gasteiger partial charge in [0.2, 0.25) is 0 Å². The van der Waals surface area contributed by atoms with E-state index in [4.69, 9.17) is 11.6 Å². The van der Waals surface area contributed by atoms with Crippen molar-refractivity contribution in [3.8, 4) is 0 Å². The summed E-state index contributed by atoms with van der Waals surface area (Å²) < 4.78 is 24.5. The highest BCUT2D eigenvalue weighted by atomic mass is 127. The summed E-state index contributed by atoms with van der Waals surface area (Å²) in [6, 6.07) is 4.84. The van der Waals surface area contributed by atoms with E-state index in [-0.39, 0.29) is 17.4 Å². The fourth-order valence-corrected chi connectivity index (χ4v) is 5.32. The summed E-state index contributed by atoms with van der Waals surface area (Å²) in [6.07, 6.45) is 0. The molecule has 1 heterocycles. The summed E-state index contributed by atoms with van der Waals surface area (Å²) in [6.45, 7) is 0. The van der Waals surface area contributed by atoms with E-state index in [1.807, 2.05) is 6.07 Å². The fourth-order valence-electron chi connectivity index (χ4n) is 1.85. The molecule has 2 rings (SSSR count). The lowest BCUT2D eigenvalue weighted by molar-refractivity contribution is 0.0940. The maximum atomic E-state index is 12.1. The lowest BCUT2D eigenvalue weighted by atomic mass is 10.2. The molecule has 104 valence electrons. The van der Waals surface area contributed by atoms with Crippen molar-refractivity contribution in [3.05, 3.63) is 31.8 Å². The number of hydrogen-bond acceptors (Lipinski definition) is 3. The smallest absolute Gasteiger partial charge is 0.252 e. The van der Waals surface area contributed by atoms with Gasteiger partial charge in [0, 0.05) is 8.04 Å². The van der Waals surface area contributed by atoms with Gasteiger partial charge in [0.25, 0.3) is 5.91 Å². The van der Waals surface area contributed by atoms with Gasteiger partial charge in [0.15, 0.2) is 9.84 Å². The SMILES string of the molecule is O=C(NC1CS(=O)(=O)CC1Cl)c1cc(I)ccc1Br. The van der Waals surface area contributed by atoms with Gasteiger partial charge < -0.3 is 5.32 Å². The van der Waals surface area contributed by atoms with Crippen LogP contribution in [0.4, 0.5) is 0 Å². The third-order valence-corrected chi connectivity index (χ3v) is 6.51. The van der Waals surface area contributed by atoms with Crippen LogP contribution in [-0.2, 0) is 9.84 Å². The molecule has 4 nitrogen and oxygen atoms in total. The number of rotatable bonds is 2. The Morgan fingerprint density at radius 2 is 2.11 bits per heavy atom. The number of carbonyl (C=O) groups is 1. The Labute approximate surface area is 138 Å². The van der Waals surface area contributed by atoms with Gasteiger partial charge in [-0.15, -0.1) is 11.6 Å². The van der Waals surface area contributed by atoms with Crippen molar-refractivity contribution < 1.29 is 13.2 Å². The maximum Gasteiger partial charge on any atom is 0.252 e. The number of benzene rings is 1. The van der Waals surface area contributed by atoms with Gasteiger partial charge in [0.05, 0.1) is 28.5 Å². The number of halogens is 3. The van der Waals surface area contributed by atoms with Crippen LogP contribution < -0.4 is 5.32 Å². The lowest BCUT2D eigenvalue weighted by Gasteiger charge is -2.15. The first kappa shape index (κ1) is 15.5. The average molecular weight is 479 g/mol. The topological polar surface area (TPSA) is 63.2 Å². The van der Waals surface area contributed by atoms with E-state index in [2.05, 4.69) is 43.8 Å². The molecule has 1 fully saturated rings. The molecule has 0 bridgehead atoms. The van der Waals surface area contributed by atoms with Crippen LogP contribution in [0.15, 0.2) is 22.7 Å². The van der Waals surface area contributed by atoms with Gasteiger partial charge in [0.1, 0.15) is 0 Å². The largest absolute Gasteiger partial charge is 0.347 e. The van der Waals surface area contributed by atoms with Gasteiger partial charge in [-0.3, -0.25) is 4.79 Å². The summed E-state index contributed by atoms with van der Waals surface area (Å²) in [5.41, 5.74) is 0.472. The molecular weight excluding hydrogens is 468 g/mol. The minimum Gasteiger partial charge on any atom is -0.347 e. The summed E-state index contributed by atoms with van der Waals surface area (Å²) >= 11 is 11.4. The number of carbonyl (C=O) groups excluding carboxylic acids is 1. The zero-order chi connectivity index (χ0) is 14.2. The first-order valence-electron chi connectivity index (χ1n) is 5.39. The van der Waals surface area contributed by atoms with Crippen LogP contribution in [0.2, 0.25) is 0 Å². The van der Waals surface area contributed by atoms with Crippen molar-refractivity contribution in [2.24, 2.45) is 0 Å². The van der Waals surface area contributed by atoms with E-state index < -0.39 is 21.3 Å². The summed E-state index contributed by atoms with van der Waals surface area (Å²) in [5.74, 6) is -0.514. The fraction of sp³-hybridized carbons (Fsp3) is 0.364. The van der Waals surface area contributed by atoms with Crippen molar-refractivity contribution in [2.45, 2.75) is 11.4 Å². The average Bonchev–Trinajstić information content (AvgIpc) is 2.55. The van der Waals surface area contributed by atoms with Crippen LogP contribution in [-0.4, -0.2) is 37.2 Å². The Morgan fingerprint density at radius 3 is 2.68 bits per heavy atom. The van der Waals surface area contributed by atoms with Crippen LogP contribution in [0.1, 0.15) is 10.4 Å². The number of amides is 1. The van der Waals surface area contributed by atoms with Crippen molar-refractivity contribution >= 4 is 65.9 Å². The van der Waals surface area contributed by atoms with Gasteiger partial charge in [-0.25, -0.2) is 8.42 Å². The highest BCUT2D eigenvalue weighted by Crippen LogP contribution is 2.22. The van der Waals surface area contributed by atoms with Crippen molar-refractivity contribution in [2.75, 3.05) is 11.5 Å². The lowest BCUT2D eigenvalue weighted by Crippen LogP contribution is -2.40. The second-order valence-corrected chi connectivity index (χ2v) is 9.11. The zero-order valence-electron chi connectivity index (χ0n) is 9.57. The molecular formula is C11H10BrClINO3S. The zero-order valence-corrected chi connectivity index (χ0v) is 14.9. The first-order valence-corrected chi connectivity index (χ1v) is 9.52. The second kappa shape index (κ2) is 5.87. The Morgan fingerprint density at radius 1 is 1.42 bits per heavy atom. The quantitative estimate of drug-likeness (QED) is 0.524. The van der Waals surface area contributed by atoms with Gasteiger partial charge in [-0.2, -0.15) is 0 Å². The molecule has 0 aromatic heterocycles. The molecule has 1 aliphatic heterocycles. The van der Waals surface area contributed by atoms with E-state index >= 15 is 0 Å².